The first-order valence-electron chi connectivity index (χ1n) is 4.55. The van der Waals surface area contributed by atoms with E-state index >= 15 is 0 Å². The third-order valence-electron chi connectivity index (χ3n) is 2.52. The lowest BCUT2D eigenvalue weighted by atomic mass is 9.76. The molecule has 0 unspecified atom stereocenters. The molecular weight excluding hydrogens is 164 g/mol. The van der Waals surface area contributed by atoms with Gasteiger partial charge in [0.05, 0.1) is 11.5 Å². The first-order valence-corrected chi connectivity index (χ1v) is 4.55. The van der Waals surface area contributed by atoms with Crippen molar-refractivity contribution in [2.45, 2.75) is 40.2 Å². The van der Waals surface area contributed by atoms with E-state index in [4.69, 9.17) is 6.42 Å². The molecule has 0 aliphatic heterocycles. The van der Waals surface area contributed by atoms with Crippen molar-refractivity contribution in [2.24, 2.45) is 11.3 Å². The van der Waals surface area contributed by atoms with E-state index < -0.39 is 11.5 Å². The molecule has 0 bridgehead atoms. The van der Waals surface area contributed by atoms with Gasteiger partial charge in [0.1, 0.15) is 5.78 Å². The minimum absolute atomic E-state index is 0.0436. The number of carbonyl (C=O) groups excluding carboxylic acids is 1. The molecule has 0 aliphatic rings. The van der Waals surface area contributed by atoms with Gasteiger partial charge in [-0.25, -0.2) is 0 Å². The van der Waals surface area contributed by atoms with Crippen molar-refractivity contribution in [1.29, 1.82) is 0 Å². The van der Waals surface area contributed by atoms with Gasteiger partial charge < -0.3 is 5.11 Å². The molecule has 0 rings (SSSR count). The number of carbonyl (C=O) groups is 1. The average Bonchev–Trinajstić information content (AvgIpc) is 2.13. The predicted molar refractivity (Wildman–Crippen MR) is 53.1 cm³/mol. The summed E-state index contributed by atoms with van der Waals surface area (Å²) < 4.78 is 0. The summed E-state index contributed by atoms with van der Waals surface area (Å²) in [5, 5.41) is 9.78. The molecule has 0 heterocycles. The molecule has 0 aliphatic carbocycles. The molecule has 0 aromatic rings. The maximum atomic E-state index is 11.5. The normalized spacial score (nSPS) is 16.0. The average molecular weight is 182 g/mol. The summed E-state index contributed by atoms with van der Waals surface area (Å²) in [6, 6.07) is 0. The molecule has 0 aromatic heterocycles. The number of terminal acetylenes is 1. The molecule has 13 heavy (non-hydrogen) atoms. The lowest BCUT2D eigenvalue weighted by Crippen LogP contribution is -2.40. The van der Waals surface area contributed by atoms with Crippen molar-refractivity contribution in [3.63, 3.8) is 0 Å². The third kappa shape index (κ3) is 2.57. The van der Waals surface area contributed by atoms with Crippen LogP contribution in [-0.2, 0) is 4.79 Å². The third-order valence-corrected chi connectivity index (χ3v) is 2.52. The molecule has 1 N–H and O–H groups in total. The van der Waals surface area contributed by atoms with Gasteiger partial charge in [0.25, 0.3) is 0 Å². The first-order chi connectivity index (χ1) is 5.87. The quantitative estimate of drug-likeness (QED) is 0.671. The zero-order valence-corrected chi connectivity index (χ0v) is 8.79. The second kappa shape index (κ2) is 4.43. The highest BCUT2D eigenvalue weighted by molar-refractivity contribution is 5.84. The lowest BCUT2D eigenvalue weighted by Gasteiger charge is -2.30. The summed E-state index contributed by atoms with van der Waals surface area (Å²) in [6.45, 7) is 7.00. The van der Waals surface area contributed by atoms with Crippen LogP contribution in [0.4, 0.5) is 0 Å². The zero-order chi connectivity index (χ0) is 10.6. The van der Waals surface area contributed by atoms with E-state index in [2.05, 4.69) is 5.92 Å². The van der Waals surface area contributed by atoms with Crippen molar-refractivity contribution in [3.8, 4) is 12.3 Å². The molecular formula is C11H18O2. The number of hydrogen-bond donors (Lipinski definition) is 1. The molecule has 2 heteroatoms. The largest absolute Gasteiger partial charge is 0.391 e. The number of aliphatic hydroxyl groups is 1. The molecule has 0 saturated heterocycles. The van der Waals surface area contributed by atoms with E-state index in [-0.39, 0.29) is 11.7 Å². The molecule has 0 radical (unpaired) electrons. The van der Waals surface area contributed by atoms with Crippen molar-refractivity contribution in [3.05, 3.63) is 0 Å². The number of aliphatic hydroxyl groups excluding tert-OH is 1. The fourth-order valence-corrected chi connectivity index (χ4v) is 1.34. The van der Waals surface area contributed by atoms with Crippen LogP contribution in [0.1, 0.15) is 34.1 Å². The Labute approximate surface area is 80.3 Å². The molecule has 2 atom stereocenters. The summed E-state index contributed by atoms with van der Waals surface area (Å²) in [5.41, 5.74) is -0.736. The maximum absolute atomic E-state index is 11.5. The summed E-state index contributed by atoms with van der Waals surface area (Å²) in [5.74, 6) is 2.20. The second-order valence-electron chi connectivity index (χ2n) is 3.90. The standard InChI is InChI=1S/C11H18O2/c1-6-8(3)10(13)11(4,5)9(12)7-2/h1,8,10,13H,7H2,2-5H3/t8-,10-/m0/s1. The molecule has 0 fully saturated rings. The number of Topliss-reactive ketones (excluding diaryl/α,β-unsaturated/α-hetero) is 1. The van der Waals surface area contributed by atoms with Gasteiger partial charge in [-0.05, 0) is 6.92 Å². The Morgan fingerprint density at radius 1 is 1.62 bits per heavy atom. The van der Waals surface area contributed by atoms with Gasteiger partial charge in [0.15, 0.2) is 0 Å². The van der Waals surface area contributed by atoms with E-state index in [0.717, 1.165) is 0 Å². The SMILES string of the molecule is C#C[C@H](C)[C@H](O)C(C)(C)C(=O)CC. The van der Waals surface area contributed by atoms with Gasteiger partial charge in [0.2, 0.25) is 0 Å². The van der Waals surface area contributed by atoms with Crippen molar-refractivity contribution in [1.82, 2.24) is 0 Å². The number of ketones is 1. The zero-order valence-electron chi connectivity index (χ0n) is 8.79. The molecule has 0 aromatic carbocycles. The van der Waals surface area contributed by atoms with E-state index in [1.54, 1.807) is 27.7 Å². The van der Waals surface area contributed by atoms with Crippen LogP contribution in [0.2, 0.25) is 0 Å². The predicted octanol–water partition coefficient (Wildman–Crippen LogP) is 1.62. The first kappa shape index (κ1) is 12.2. The maximum Gasteiger partial charge on any atom is 0.140 e. The van der Waals surface area contributed by atoms with Gasteiger partial charge in [-0.3, -0.25) is 4.79 Å². The van der Waals surface area contributed by atoms with Gasteiger partial charge in [-0.2, -0.15) is 0 Å². The smallest absolute Gasteiger partial charge is 0.140 e. The minimum atomic E-state index is -0.759. The van der Waals surface area contributed by atoms with Gasteiger partial charge in [-0.15, -0.1) is 12.3 Å². The molecule has 0 saturated carbocycles. The Balaban J connectivity index is 4.64. The Morgan fingerprint density at radius 3 is 2.38 bits per heavy atom. The highest BCUT2D eigenvalue weighted by atomic mass is 16.3. The van der Waals surface area contributed by atoms with Gasteiger partial charge in [0, 0.05) is 12.3 Å². The van der Waals surface area contributed by atoms with Gasteiger partial charge >= 0.3 is 0 Å². The highest BCUT2D eigenvalue weighted by Crippen LogP contribution is 2.28. The van der Waals surface area contributed by atoms with E-state index in [9.17, 15) is 9.90 Å². The molecule has 0 spiro atoms. The molecule has 74 valence electrons. The Morgan fingerprint density at radius 2 is 2.08 bits per heavy atom. The molecule has 0 amide bonds. The van der Waals surface area contributed by atoms with Crippen molar-refractivity contribution in [2.75, 3.05) is 0 Å². The Hall–Kier alpha value is -0.810. The number of rotatable bonds is 4. The number of hydrogen-bond acceptors (Lipinski definition) is 2. The van der Waals surface area contributed by atoms with Crippen LogP contribution in [0.25, 0.3) is 0 Å². The van der Waals surface area contributed by atoms with Crippen LogP contribution in [0.15, 0.2) is 0 Å². The van der Waals surface area contributed by atoms with Crippen LogP contribution in [0.5, 0.6) is 0 Å². The Bertz CT molecular complexity index is 223. The summed E-state index contributed by atoms with van der Waals surface area (Å²) in [4.78, 5) is 11.5. The van der Waals surface area contributed by atoms with E-state index in [1.165, 1.54) is 0 Å². The Kier molecular flexibility index (Phi) is 4.16. The fraction of sp³-hybridized carbons (Fsp3) is 0.727. The second-order valence-corrected chi connectivity index (χ2v) is 3.90. The van der Waals surface area contributed by atoms with Crippen LogP contribution < -0.4 is 0 Å². The van der Waals surface area contributed by atoms with Crippen LogP contribution in [-0.4, -0.2) is 17.0 Å². The van der Waals surface area contributed by atoms with Gasteiger partial charge in [-0.1, -0.05) is 20.8 Å². The van der Waals surface area contributed by atoms with Crippen LogP contribution in [0, 0.1) is 23.7 Å². The van der Waals surface area contributed by atoms with E-state index in [1.807, 2.05) is 0 Å². The van der Waals surface area contributed by atoms with Crippen LogP contribution in [0.3, 0.4) is 0 Å². The topological polar surface area (TPSA) is 37.3 Å². The lowest BCUT2D eigenvalue weighted by molar-refractivity contribution is -0.133. The summed E-state index contributed by atoms with van der Waals surface area (Å²) in [6.07, 6.45) is 4.86. The molecule has 2 nitrogen and oxygen atoms in total. The van der Waals surface area contributed by atoms with E-state index in [0.29, 0.717) is 6.42 Å². The monoisotopic (exact) mass is 182 g/mol. The van der Waals surface area contributed by atoms with Crippen molar-refractivity contribution >= 4 is 5.78 Å². The van der Waals surface area contributed by atoms with Crippen LogP contribution >= 0.6 is 0 Å². The minimum Gasteiger partial charge on any atom is -0.391 e. The highest BCUT2D eigenvalue weighted by Gasteiger charge is 2.36. The van der Waals surface area contributed by atoms with Crippen molar-refractivity contribution < 1.29 is 9.90 Å². The summed E-state index contributed by atoms with van der Waals surface area (Å²) >= 11 is 0. The summed E-state index contributed by atoms with van der Waals surface area (Å²) in [7, 11) is 0. The fourth-order valence-electron chi connectivity index (χ4n) is 1.34.